The maximum absolute atomic E-state index is 10.8. The van der Waals surface area contributed by atoms with E-state index < -0.39 is 6.09 Å². The van der Waals surface area contributed by atoms with Crippen molar-refractivity contribution in [2.45, 2.75) is 0 Å². The molecule has 0 aliphatic heterocycles. The predicted molar refractivity (Wildman–Crippen MR) is 72.1 cm³/mol. The number of rotatable bonds is 2. The normalized spacial score (nSPS) is 10.1. The largest absolute Gasteiger partial charge is 0.410 e. The Morgan fingerprint density at radius 2 is 1.78 bits per heavy atom. The third kappa shape index (κ3) is 2.94. The summed E-state index contributed by atoms with van der Waals surface area (Å²) in [6.07, 6.45) is -0.874. The first kappa shape index (κ1) is 12.7. The number of hydrogen-bond donors (Lipinski definition) is 1. The van der Waals surface area contributed by atoms with Gasteiger partial charge in [-0.3, -0.25) is 0 Å². The molecule has 0 fully saturated rings. The van der Waals surface area contributed by atoms with E-state index in [1.165, 1.54) is 0 Å². The van der Waals surface area contributed by atoms with E-state index in [1.807, 2.05) is 6.07 Å². The van der Waals surface area contributed by atoms with Gasteiger partial charge in [0.15, 0.2) is 0 Å². The van der Waals surface area contributed by atoms with Gasteiger partial charge in [0.25, 0.3) is 0 Å². The Labute approximate surface area is 114 Å². The van der Waals surface area contributed by atoms with Crippen LogP contribution in [0.25, 0.3) is 11.1 Å². The Bertz CT molecular complexity index is 599. The molecule has 0 aromatic heterocycles. The quantitative estimate of drug-likeness (QED) is 0.900. The Morgan fingerprint density at radius 3 is 2.44 bits per heavy atom. The minimum atomic E-state index is -0.874. The molecule has 0 radical (unpaired) electrons. The monoisotopic (exact) mass is 281 g/mol. The molecule has 0 atom stereocenters. The third-order valence-electron chi connectivity index (χ3n) is 2.29. The summed E-state index contributed by atoms with van der Waals surface area (Å²) in [4.78, 5) is 10.8. The van der Waals surface area contributed by atoms with Crippen molar-refractivity contribution >= 4 is 29.3 Å². The van der Waals surface area contributed by atoms with Crippen molar-refractivity contribution in [3.05, 3.63) is 52.5 Å². The summed E-state index contributed by atoms with van der Waals surface area (Å²) in [6, 6.07) is 12.0. The fraction of sp³-hybridized carbons (Fsp3) is 0. The fourth-order valence-corrected chi connectivity index (χ4v) is 1.94. The molecule has 2 N–H and O–H groups in total. The molecule has 0 spiro atoms. The minimum Gasteiger partial charge on any atom is -0.410 e. The summed E-state index contributed by atoms with van der Waals surface area (Å²) in [6.45, 7) is 0. The summed E-state index contributed by atoms with van der Waals surface area (Å²) in [5.74, 6) is 0.342. The van der Waals surface area contributed by atoms with Crippen LogP contribution in [0.4, 0.5) is 4.79 Å². The van der Waals surface area contributed by atoms with Crippen LogP contribution in [0.5, 0.6) is 5.75 Å². The highest BCUT2D eigenvalue weighted by Gasteiger charge is 2.10. The molecular weight excluding hydrogens is 273 g/mol. The highest BCUT2D eigenvalue weighted by molar-refractivity contribution is 6.31. The lowest BCUT2D eigenvalue weighted by atomic mass is 10.0. The lowest BCUT2D eigenvalue weighted by Crippen LogP contribution is -2.16. The number of amides is 1. The van der Waals surface area contributed by atoms with Gasteiger partial charge in [0.2, 0.25) is 0 Å². The molecule has 5 heteroatoms. The third-order valence-corrected chi connectivity index (χ3v) is 2.76. The van der Waals surface area contributed by atoms with Gasteiger partial charge in [-0.25, -0.2) is 4.79 Å². The fourth-order valence-electron chi connectivity index (χ4n) is 1.58. The van der Waals surface area contributed by atoms with Gasteiger partial charge in [0, 0.05) is 15.6 Å². The molecule has 2 aromatic rings. The Hall–Kier alpha value is -1.71. The van der Waals surface area contributed by atoms with E-state index in [2.05, 4.69) is 0 Å². The van der Waals surface area contributed by atoms with Crippen molar-refractivity contribution in [1.29, 1.82) is 0 Å². The van der Waals surface area contributed by atoms with Crippen LogP contribution in [-0.4, -0.2) is 6.09 Å². The minimum absolute atomic E-state index is 0.342. The van der Waals surface area contributed by atoms with Crippen molar-refractivity contribution in [2.75, 3.05) is 0 Å². The number of benzene rings is 2. The van der Waals surface area contributed by atoms with Crippen LogP contribution in [0, 0.1) is 0 Å². The van der Waals surface area contributed by atoms with Crippen LogP contribution in [0.2, 0.25) is 10.0 Å². The maximum Gasteiger partial charge on any atom is 0.409 e. The van der Waals surface area contributed by atoms with Crippen molar-refractivity contribution < 1.29 is 9.53 Å². The lowest BCUT2D eigenvalue weighted by molar-refractivity contribution is 0.211. The van der Waals surface area contributed by atoms with Crippen molar-refractivity contribution in [3.8, 4) is 16.9 Å². The van der Waals surface area contributed by atoms with Gasteiger partial charge in [0.05, 0.1) is 0 Å². The first-order chi connectivity index (χ1) is 8.56. The van der Waals surface area contributed by atoms with Gasteiger partial charge in [-0.1, -0.05) is 35.3 Å². The Morgan fingerprint density at radius 1 is 1.06 bits per heavy atom. The molecule has 18 heavy (non-hydrogen) atoms. The summed E-state index contributed by atoms with van der Waals surface area (Å²) in [5.41, 5.74) is 6.47. The molecule has 0 saturated heterocycles. The smallest absolute Gasteiger partial charge is 0.409 e. The van der Waals surface area contributed by atoms with Crippen LogP contribution in [0.1, 0.15) is 0 Å². The molecule has 2 rings (SSSR count). The summed E-state index contributed by atoms with van der Waals surface area (Å²) < 4.78 is 4.93. The van der Waals surface area contributed by atoms with E-state index in [9.17, 15) is 4.79 Å². The summed E-state index contributed by atoms with van der Waals surface area (Å²) in [5, 5.41) is 1.11. The zero-order valence-electron chi connectivity index (χ0n) is 9.19. The van der Waals surface area contributed by atoms with E-state index in [0.29, 0.717) is 21.4 Å². The zero-order valence-corrected chi connectivity index (χ0v) is 10.7. The highest BCUT2D eigenvalue weighted by Crippen LogP contribution is 2.33. The van der Waals surface area contributed by atoms with Crippen molar-refractivity contribution in [3.63, 3.8) is 0 Å². The molecular formula is C13H9Cl2NO2. The van der Waals surface area contributed by atoms with Gasteiger partial charge in [-0.05, 0) is 35.9 Å². The highest BCUT2D eigenvalue weighted by atomic mass is 35.5. The van der Waals surface area contributed by atoms with Gasteiger partial charge in [0.1, 0.15) is 5.75 Å². The van der Waals surface area contributed by atoms with Crippen molar-refractivity contribution in [2.24, 2.45) is 5.73 Å². The Balaban J connectivity index is 2.54. The van der Waals surface area contributed by atoms with Crippen LogP contribution < -0.4 is 10.5 Å². The number of primary amides is 1. The zero-order chi connectivity index (χ0) is 13.1. The molecule has 0 heterocycles. The number of halogens is 2. The molecule has 3 nitrogen and oxygen atoms in total. The van der Waals surface area contributed by atoms with E-state index >= 15 is 0 Å². The number of hydrogen-bond acceptors (Lipinski definition) is 2. The SMILES string of the molecule is NC(=O)Oc1ccc(Cl)cc1-c1cccc(Cl)c1. The van der Waals surface area contributed by atoms with Crippen LogP contribution >= 0.6 is 23.2 Å². The second-order valence-electron chi connectivity index (χ2n) is 3.57. The van der Waals surface area contributed by atoms with E-state index in [0.717, 1.165) is 5.56 Å². The molecule has 92 valence electrons. The van der Waals surface area contributed by atoms with Gasteiger partial charge >= 0.3 is 6.09 Å². The number of carbonyl (C=O) groups is 1. The summed E-state index contributed by atoms with van der Waals surface area (Å²) in [7, 11) is 0. The molecule has 1 amide bonds. The van der Waals surface area contributed by atoms with Gasteiger partial charge in [-0.2, -0.15) is 0 Å². The molecule has 0 aliphatic rings. The van der Waals surface area contributed by atoms with Crippen LogP contribution in [-0.2, 0) is 0 Å². The van der Waals surface area contributed by atoms with Gasteiger partial charge in [-0.15, -0.1) is 0 Å². The lowest BCUT2D eigenvalue weighted by Gasteiger charge is -2.09. The van der Waals surface area contributed by atoms with Gasteiger partial charge < -0.3 is 10.5 Å². The molecule has 0 unspecified atom stereocenters. The standard InChI is InChI=1S/C13H9Cl2NO2/c14-9-3-1-2-8(6-9)11-7-10(15)4-5-12(11)18-13(16)17/h1-7H,(H2,16,17). The molecule has 0 bridgehead atoms. The molecule has 2 aromatic carbocycles. The Kier molecular flexibility index (Phi) is 3.75. The van der Waals surface area contributed by atoms with E-state index in [1.54, 1.807) is 36.4 Å². The van der Waals surface area contributed by atoms with E-state index in [4.69, 9.17) is 33.7 Å². The first-order valence-electron chi connectivity index (χ1n) is 5.09. The first-order valence-corrected chi connectivity index (χ1v) is 5.84. The van der Waals surface area contributed by atoms with Crippen LogP contribution in [0.15, 0.2) is 42.5 Å². The average molecular weight is 282 g/mol. The second-order valence-corrected chi connectivity index (χ2v) is 4.44. The number of ether oxygens (including phenoxy) is 1. The number of carbonyl (C=O) groups excluding carboxylic acids is 1. The average Bonchev–Trinajstić information content (AvgIpc) is 2.31. The second kappa shape index (κ2) is 5.29. The predicted octanol–water partition coefficient (Wildman–Crippen LogP) is 4.12. The molecule has 0 aliphatic carbocycles. The van der Waals surface area contributed by atoms with E-state index in [-0.39, 0.29) is 0 Å². The molecule has 0 saturated carbocycles. The van der Waals surface area contributed by atoms with Crippen molar-refractivity contribution in [1.82, 2.24) is 0 Å². The topological polar surface area (TPSA) is 52.3 Å². The van der Waals surface area contributed by atoms with Crippen LogP contribution in [0.3, 0.4) is 0 Å². The summed E-state index contributed by atoms with van der Waals surface area (Å²) >= 11 is 11.9. The maximum atomic E-state index is 10.8. The number of nitrogens with two attached hydrogens (primary N) is 1.